The van der Waals surface area contributed by atoms with Gasteiger partial charge >= 0.3 is 11.7 Å². The molecular weight excluding hydrogens is 266 g/mol. The van der Waals surface area contributed by atoms with Crippen molar-refractivity contribution in [2.24, 2.45) is 5.73 Å². The molecule has 4 N–H and O–H groups in total. The predicted molar refractivity (Wildman–Crippen MR) is 68.1 cm³/mol. The predicted octanol–water partition coefficient (Wildman–Crippen LogP) is 0.858. The van der Waals surface area contributed by atoms with Gasteiger partial charge in [-0.3, -0.25) is 14.9 Å². The lowest BCUT2D eigenvalue weighted by molar-refractivity contribution is -0.385. The highest BCUT2D eigenvalue weighted by Gasteiger charge is 2.19. The van der Waals surface area contributed by atoms with E-state index >= 15 is 0 Å². The molecule has 0 saturated heterocycles. The average Bonchev–Trinajstić information content (AvgIpc) is 2.41. The summed E-state index contributed by atoms with van der Waals surface area (Å²) in [6.45, 7) is 0. The number of carbonyl (C=O) groups excluding carboxylic acids is 1. The second-order valence-corrected chi connectivity index (χ2v) is 3.70. The summed E-state index contributed by atoms with van der Waals surface area (Å²) in [6.07, 6.45) is 2.60. The fourth-order valence-electron chi connectivity index (χ4n) is 1.38. The third-order valence-corrected chi connectivity index (χ3v) is 2.29. The first-order valence-electron chi connectivity index (χ1n) is 5.31. The molecule has 0 fully saturated rings. The first-order chi connectivity index (χ1) is 9.47. The van der Waals surface area contributed by atoms with Gasteiger partial charge in [-0.05, 0) is 12.1 Å². The van der Waals surface area contributed by atoms with Crippen molar-refractivity contribution < 1.29 is 14.5 Å². The minimum absolute atomic E-state index is 0.00211. The molecule has 102 valence electrons. The van der Waals surface area contributed by atoms with E-state index in [1.54, 1.807) is 0 Å². The number of anilines is 1. The van der Waals surface area contributed by atoms with Crippen molar-refractivity contribution >= 4 is 17.3 Å². The number of carbonyl (C=O) groups is 1. The molecule has 0 unspecified atom stereocenters. The summed E-state index contributed by atoms with van der Waals surface area (Å²) in [6, 6.07) is 3.48. The summed E-state index contributed by atoms with van der Waals surface area (Å²) in [5.74, 6) is -0.881. The Morgan fingerprint density at radius 1 is 1.30 bits per heavy atom. The number of nitrogen functional groups attached to an aromatic ring is 1. The Morgan fingerprint density at radius 2 is 1.95 bits per heavy atom. The maximum atomic E-state index is 11.0. The van der Waals surface area contributed by atoms with Crippen LogP contribution in [-0.4, -0.2) is 20.8 Å². The van der Waals surface area contributed by atoms with Gasteiger partial charge in [0.05, 0.1) is 23.0 Å². The maximum absolute atomic E-state index is 11.0. The molecule has 20 heavy (non-hydrogen) atoms. The maximum Gasteiger partial charge on any atom is 0.322 e. The van der Waals surface area contributed by atoms with Crippen molar-refractivity contribution in [2.45, 2.75) is 0 Å². The van der Waals surface area contributed by atoms with Crippen LogP contribution >= 0.6 is 0 Å². The Hall–Kier alpha value is -3.23. The molecule has 2 rings (SSSR count). The van der Waals surface area contributed by atoms with Crippen LogP contribution in [0.15, 0.2) is 30.6 Å². The molecule has 1 aromatic carbocycles. The third kappa shape index (κ3) is 2.77. The summed E-state index contributed by atoms with van der Waals surface area (Å²) in [5, 5.41) is 11.0. The molecule has 2 aromatic rings. The third-order valence-electron chi connectivity index (χ3n) is 2.29. The molecule has 1 aromatic heterocycles. The molecule has 0 aliphatic carbocycles. The average molecular weight is 275 g/mol. The van der Waals surface area contributed by atoms with Gasteiger partial charge in [-0.25, -0.2) is 9.97 Å². The quantitative estimate of drug-likeness (QED) is 0.620. The van der Waals surface area contributed by atoms with Crippen LogP contribution in [0.2, 0.25) is 0 Å². The number of amides is 1. The van der Waals surface area contributed by atoms with Crippen LogP contribution in [0.5, 0.6) is 11.8 Å². The van der Waals surface area contributed by atoms with E-state index in [4.69, 9.17) is 16.2 Å². The van der Waals surface area contributed by atoms with E-state index in [1.807, 2.05) is 0 Å². The van der Waals surface area contributed by atoms with Gasteiger partial charge in [-0.1, -0.05) is 0 Å². The number of hydrogen-bond donors (Lipinski definition) is 2. The number of nitrogens with zero attached hydrogens (tertiary/aromatic N) is 3. The van der Waals surface area contributed by atoms with E-state index in [-0.39, 0.29) is 17.3 Å². The molecule has 9 nitrogen and oxygen atoms in total. The van der Waals surface area contributed by atoms with Crippen molar-refractivity contribution in [3.05, 3.63) is 46.3 Å². The number of aromatic nitrogens is 2. The molecule has 1 heterocycles. The van der Waals surface area contributed by atoms with Crippen LogP contribution in [0.1, 0.15) is 10.4 Å². The summed E-state index contributed by atoms with van der Waals surface area (Å²) in [5.41, 5.74) is 10.4. The fraction of sp³-hybridized carbons (Fsp3) is 0. The van der Waals surface area contributed by atoms with Gasteiger partial charge in [-0.2, -0.15) is 0 Å². The van der Waals surface area contributed by atoms with Crippen molar-refractivity contribution in [2.75, 3.05) is 5.73 Å². The lowest BCUT2D eigenvalue weighted by Crippen LogP contribution is -2.11. The zero-order valence-electron chi connectivity index (χ0n) is 10.0. The van der Waals surface area contributed by atoms with E-state index in [1.165, 1.54) is 24.5 Å². The van der Waals surface area contributed by atoms with E-state index in [2.05, 4.69) is 9.97 Å². The van der Waals surface area contributed by atoms with Crippen LogP contribution in [0.4, 0.5) is 11.4 Å². The molecule has 9 heteroatoms. The number of benzene rings is 1. The van der Waals surface area contributed by atoms with Crippen molar-refractivity contribution in [3.8, 4) is 11.8 Å². The van der Waals surface area contributed by atoms with Crippen LogP contribution in [0.3, 0.4) is 0 Å². The van der Waals surface area contributed by atoms with E-state index < -0.39 is 16.5 Å². The summed E-state index contributed by atoms with van der Waals surface area (Å²) < 4.78 is 5.19. The van der Waals surface area contributed by atoms with E-state index in [0.717, 1.165) is 6.07 Å². The molecule has 0 spiro atoms. The molecular formula is C11H9N5O4. The number of nitro benzene ring substituents is 1. The Balaban J connectivity index is 2.38. The van der Waals surface area contributed by atoms with Gasteiger partial charge < -0.3 is 16.2 Å². The number of primary amides is 1. The van der Waals surface area contributed by atoms with Crippen molar-refractivity contribution in [1.82, 2.24) is 9.97 Å². The smallest absolute Gasteiger partial charge is 0.322 e. The van der Waals surface area contributed by atoms with Gasteiger partial charge in [0, 0.05) is 11.6 Å². The Bertz CT molecular complexity index is 671. The number of ether oxygens (including phenoxy) is 1. The van der Waals surface area contributed by atoms with Crippen LogP contribution in [0, 0.1) is 10.1 Å². The van der Waals surface area contributed by atoms with Crippen molar-refractivity contribution in [1.29, 1.82) is 0 Å². The highest BCUT2D eigenvalue weighted by Crippen LogP contribution is 2.30. The summed E-state index contributed by atoms with van der Waals surface area (Å²) >= 11 is 0. The van der Waals surface area contributed by atoms with E-state index in [0.29, 0.717) is 5.69 Å². The number of rotatable bonds is 4. The monoisotopic (exact) mass is 275 g/mol. The Kier molecular flexibility index (Phi) is 3.42. The zero-order valence-corrected chi connectivity index (χ0v) is 10.0. The van der Waals surface area contributed by atoms with Gasteiger partial charge in [-0.15, -0.1) is 0 Å². The lowest BCUT2D eigenvalue weighted by atomic mass is 10.2. The molecule has 0 aliphatic rings. The van der Waals surface area contributed by atoms with Gasteiger partial charge in [0.1, 0.15) is 0 Å². The largest absolute Gasteiger partial charge is 0.417 e. The second kappa shape index (κ2) is 5.18. The Morgan fingerprint density at radius 3 is 2.50 bits per heavy atom. The van der Waals surface area contributed by atoms with Gasteiger partial charge in [0.15, 0.2) is 0 Å². The lowest BCUT2D eigenvalue weighted by Gasteiger charge is -2.05. The standard InChI is InChI=1S/C11H9N5O4/c12-7-4-14-11(15-5-7)20-9-2-1-6(10(13)17)3-8(9)16(18)19/h1-5H,12H2,(H2,13,17). The first kappa shape index (κ1) is 13.2. The van der Waals surface area contributed by atoms with E-state index in [9.17, 15) is 14.9 Å². The Labute approximate surface area is 112 Å². The molecule has 0 bridgehead atoms. The van der Waals surface area contributed by atoms with Gasteiger partial charge in [0.25, 0.3) is 0 Å². The molecule has 0 radical (unpaired) electrons. The normalized spacial score (nSPS) is 10.0. The SMILES string of the molecule is NC(=O)c1ccc(Oc2ncc(N)cn2)c([N+](=O)[O-])c1. The van der Waals surface area contributed by atoms with Gasteiger partial charge in [0.2, 0.25) is 11.7 Å². The molecule has 1 amide bonds. The number of nitrogens with two attached hydrogens (primary N) is 2. The first-order valence-corrected chi connectivity index (χ1v) is 5.31. The summed E-state index contributed by atoms with van der Waals surface area (Å²) in [4.78, 5) is 28.8. The van der Waals surface area contributed by atoms with Crippen LogP contribution < -0.4 is 16.2 Å². The molecule has 0 aliphatic heterocycles. The zero-order chi connectivity index (χ0) is 14.7. The minimum atomic E-state index is -0.775. The second-order valence-electron chi connectivity index (χ2n) is 3.70. The minimum Gasteiger partial charge on any atom is -0.417 e. The van der Waals surface area contributed by atoms with Crippen LogP contribution in [-0.2, 0) is 0 Å². The number of hydrogen-bond acceptors (Lipinski definition) is 7. The fourth-order valence-corrected chi connectivity index (χ4v) is 1.38. The highest BCUT2D eigenvalue weighted by atomic mass is 16.6. The highest BCUT2D eigenvalue weighted by molar-refractivity contribution is 5.93. The molecule has 0 saturated carbocycles. The van der Waals surface area contributed by atoms with Crippen molar-refractivity contribution in [3.63, 3.8) is 0 Å². The number of nitro groups is 1. The topological polar surface area (TPSA) is 147 Å². The summed E-state index contributed by atoms with van der Waals surface area (Å²) in [7, 11) is 0. The molecule has 0 atom stereocenters. The van der Waals surface area contributed by atoms with Crippen LogP contribution in [0.25, 0.3) is 0 Å².